The fourth-order valence-electron chi connectivity index (χ4n) is 3.03. The second kappa shape index (κ2) is 7.55. The highest BCUT2D eigenvalue weighted by molar-refractivity contribution is 7.91. The summed E-state index contributed by atoms with van der Waals surface area (Å²) in [6.45, 7) is -0.114. The highest BCUT2D eigenvalue weighted by Crippen LogP contribution is 2.27. The zero-order valence-electron chi connectivity index (χ0n) is 13.7. The molecule has 4 nitrogen and oxygen atoms in total. The van der Waals surface area contributed by atoms with Gasteiger partial charge in [-0.25, -0.2) is 12.8 Å². The van der Waals surface area contributed by atoms with Crippen molar-refractivity contribution in [3.8, 4) is 0 Å². The minimum Gasteiger partial charge on any atom is -0.330 e. The van der Waals surface area contributed by atoms with Crippen molar-refractivity contribution in [3.05, 3.63) is 69.5 Å². The Morgan fingerprint density at radius 2 is 1.92 bits per heavy atom. The molecule has 138 valence electrons. The van der Waals surface area contributed by atoms with Gasteiger partial charge in [-0.2, -0.15) is 0 Å². The van der Waals surface area contributed by atoms with Crippen LogP contribution in [0.25, 0.3) is 0 Å². The van der Waals surface area contributed by atoms with Crippen LogP contribution in [0.5, 0.6) is 0 Å². The van der Waals surface area contributed by atoms with Gasteiger partial charge >= 0.3 is 0 Å². The van der Waals surface area contributed by atoms with E-state index in [1.54, 1.807) is 18.2 Å². The van der Waals surface area contributed by atoms with Gasteiger partial charge in [0.15, 0.2) is 9.84 Å². The van der Waals surface area contributed by atoms with Crippen LogP contribution in [0.15, 0.2) is 42.5 Å². The SMILES string of the molecule is O=C(c1cccc(Cl)c1)N(Cc1c(F)cccc1Cl)[C@@H]1CCS(=O)(=O)C1. The van der Waals surface area contributed by atoms with E-state index in [4.69, 9.17) is 23.2 Å². The number of rotatable bonds is 4. The Morgan fingerprint density at radius 1 is 1.19 bits per heavy atom. The van der Waals surface area contributed by atoms with Crippen molar-refractivity contribution < 1.29 is 17.6 Å². The molecule has 0 unspecified atom stereocenters. The number of hydrogen-bond acceptors (Lipinski definition) is 3. The summed E-state index contributed by atoms with van der Waals surface area (Å²) in [6, 6.07) is 10.1. The number of halogens is 3. The molecule has 1 heterocycles. The van der Waals surface area contributed by atoms with E-state index in [1.165, 1.54) is 29.2 Å². The molecule has 3 rings (SSSR count). The lowest BCUT2D eigenvalue weighted by Gasteiger charge is -2.29. The van der Waals surface area contributed by atoms with Crippen LogP contribution in [0, 0.1) is 5.82 Å². The molecule has 1 aliphatic heterocycles. The van der Waals surface area contributed by atoms with Crippen molar-refractivity contribution >= 4 is 38.9 Å². The number of sulfone groups is 1. The molecule has 0 radical (unpaired) electrons. The highest BCUT2D eigenvalue weighted by Gasteiger charge is 2.35. The summed E-state index contributed by atoms with van der Waals surface area (Å²) in [4.78, 5) is 14.4. The normalized spacial score (nSPS) is 18.7. The first-order chi connectivity index (χ1) is 12.3. The molecule has 0 N–H and O–H groups in total. The largest absolute Gasteiger partial charge is 0.330 e. The van der Waals surface area contributed by atoms with E-state index in [2.05, 4.69) is 0 Å². The first kappa shape index (κ1) is 19.1. The summed E-state index contributed by atoms with van der Waals surface area (Å²) in [5.41, 5.74) is 0.475. The molecular weight excluding hydrogens is 400 g/mol. The topological polar surface area (TPSA) is 54.5 Å². The van der Waals surface area contributed by atoms with E-state index < -0.39 is 27.6 Å². The molecule has 1 fully saturated rings. The third-order valence-corrected chi connectivity index (χ3v) is 6.71. The Labute approximate surface area is 161 Å². The quantitative estimate of drug-likeness (QED) is 0.758. The summed E-state index contributed by atoms with van der Waals surface area (Å²) in [5.74, 6) is -1.09. The van der Waals surface area contributed by atoms with Crippen LogP contribution in [0.4, 0.5) is 4.39 Å². The summed E-state index contributed by atoms with van der Waals surface area (Å²) >= 11 is 12.1. The summed E-state index contributed by atoms with van der Waals surface area (Å²) in [7, 11) is -3.22. The van der Waals surface area contributed by atoms with Gasteiger partial charge in [0.05, 0.1) is 18.1 Å². The van der Waals surface area contributed by atoms with Crippen LogP contribution in [0.1, 0.15) is 22.3 Å². The maximum atomic E-state index is 14.2. The van der Waals surface area contributed by atoms with Crippen molar-refractivity contribution in [1.29, 1.82) is 0 Å². The third-order valence-electron chi connectivity index (χ3n) is 4.37. The maximum Gasteiger partial charge on any atom is 0.254 e. The van der Waals surface area contributed by atoms with Gasteiger partial charge < -0.3 is 4.90 Å². The van der Waals surface area contributed by atoms with Gasteiger partial charge in [0, 0.05) is 27.2 Å². The number of carbonyl (C=O) groups excluding carboxylic acids is 1. The zero-order valence-corrected chi connectivity index (χ0v) is 16.0. The molecule has 0 spiro atoms. The van der Waals surface area contributed by atoms with Gasteiger partial charge in [0.1, 0.15) is 5.82 Å². The smallest absolute Gasteiger partial charge is 0.254 e. The fourth-order valence-corrected chi connectivity index (χ4v) is 5.17. The molecule has 26 heavy (non-hydrogen) atoms. The second-order valence-electron chi connectivity index (χ2n) is 6.20. The number of hydrogen-bond donors (Lipinski definition) is 0. The van der Waals surface area contributed by atoms with Crippen molar-refractivity contribution in [1.82, 2.24) is 4.90 Å². The first-order valence-electron chi connectivity index (χ1n) is 7.97. The van der Waals surface area contributed by atoms with Crippen LogP contribution in [-0.4, -0.2) is 36.8 Å². The van der Waals surface area contributed by atoms with Crippen LogP contribution in [0.3, 0.4) is 0 Å². The zero-order chi connectivity index (χ0) is 18.9. The fraction of sp³-hybridized carbons (Fsp3) is 0.278. The summed E-state index contributed by atoms with van der Waals surface area (Å²) in [5, 5.41) is 0.577. The molecule has 2 aromatic carbocycles. The highest BCUT2D eigenvalue weighted by atomic mass is 35.5. The molecular formula is C18H16Cl2FNO3S. The molecule has 8 heteroatoms. The van der Waals surface area contributed by atoms with Gasteiger partial charge in [-0.1, -0.05) is 35.3 Å². The Hall–Kier alpha value is -1.63. The maximum absolute atomic E-state index is 14.2. The van der Waals surface area contributed by atoms with Crippen LogP contribution >= 0.6 is 23.2 Å². The first-order valence-corrected chi connectivity index (χ1v) is 10.5. The average Bonchev–Trinajstić information content (AvgIpc) is 2.94. The van der Waals surface area contributed by atoms with Crippen LogP contribution in [-0.2, 0) is 16.4 Å². The van der Waals surface area contributed by atoms with Crippen LogP contribution in [0.2, 0.25) is 10.0 Å². The minimum atomic E-state index is -3.22. The lowest BCUT2D eigenvalue weighted by Crippen LogP contribution is -2.41. The van der Waals surface area contributed by atoms with Crippen molar-refractivity contribution in [2.75, 3.05) is 11.5 Å². The van der Waals surface area contributed by atoms with Crippen LogP contribution < -0.4 is 0 Å². The van der Waals surface area contributed by atoms with E-state index in [1.807, 2.05) is 0 Å². The number of nitrogens with zero attached hydrogens (tertiary/aromatic N) is 1. The Morgan fingerprint density at radius 3 is 2.54 bits per heavy atom. The van der Waals surface area contributed by atoms with E-state index in [0.29, 0.717) is 17.0 Å². The average molecular weight is 416 g/mol. The van der Waals surface area contributed by atoms with Gasteiger partial charge in [-0.15, -0.1) is 0 Å². The predicted molar refractivity (Wildman–Crippen MR) is 99.8 cm³/mol. The van der Waals surface area contributed by atoms with E-state index in [-0.39, 0.29) is 28.6 Å². The standard InChI is InChI=1S/C18H16Cl2FNO3S/c19-13-4-1-3-12(9-13)18(23)22(14-7-8-26(24,25)11-14)10-15-16(20)5-2-6-17(15)21/h1-6,9,14H,7-8,10-11H2/t14-/m1/s1. The number of carbonyl (C=O) groups is 1. The molecule has 0 aromatic heterocycles. The lowest BCUT2D eigenvalue weighted by molar-refractivity contribution is 0.0679. The molecule has 1 aliphatic rings. The minimum absolute atomic E-state index is 0.00198. The second-order valence-corrected chi connectivity index (χ2v) is 9.27. The van der Waals surface area contributed by atoms with E-state index in [0.717, 1.165) is 0 Å². The molecule has 1 atom stereocenters. The van der Waals surface area contributed by atoms with Crippen molar-refractivity contribution in [2.45, 2.75) is 19.0 Å². The van der Waals surface area contributed by atoms with Gasteiger partial charge in [0.25, 0.3) is 5.91 Å². The van der Waals surface area contributed by atoms with Gasteiger partial charge in [-0.05, 0) is 36.8 Å². The van der Waals surface area contributed by atoms with Crippen molar-refractivity contribution in [3.63, 3.8) is 0 Å². The monoisotopic (exact) mass is 415 g/mol. The number of amides is 1. The molecule has 0 aliphatic carbocycles. The summed E-state index contributed by atoms with van der Waals surface area (Å²) < 4.78 is 38.0. The Balaban J connectivity index is 1.98. The molecule has 0 saturated carbocycles. The van der Waals surface area contributed by atoms with E-state index in [9.17, 15) is 17.6 Å². The molecule has 0 bridgehead atoms. The molecule has 1 saturated heterocycles. The Bertz CT molecular complexity index is 929. The van der Waals surface area contributed by atoms with E-state index >= 15 is 0 Å². The summed E-state index contributed by atoms with van der Waals surface area (Å²) in [6.07, 6.45) is 0.306. The number of benzene rings is 2. The third kappa shape index (κ3) is 4.19. The predicted octanol–water partition coefficient (Wildman–Crippen LogP) is 3.96. The van der Waals surface area contributed by atoms with Crippen molar-refractivity contribution in [2.24, 2.45) is 0 Å². The molecule has 1 amide bonds. The van der Waals surface area contributed by atoms with Gasteiger partial charge in [-0.3, -0.25) is 4.79 Å². The van der Waals surface area contributed by atoms with Gasteiger partial charge in [0.2, 0.25) is 0 Å². The Kier molecular flexibility index (Phi) is 5.55. The lowest BCUT2D eigenvalue weighted by atomic mass is 10.1. The molecule has 2 aromatic rings.